The van der Waals surface area contributed by atoms with Crippen LogP contribution in [0.2, 0.25) is 0 Å². The number of methoxy groups -OCH3 is 2. The van der Waals surface area contributed by atoms with Gasteiger partial charge in [-0.25, -0.2) is 0 Å². The maximum absolute atomic E-state index is 12.6. The van der Waals surface area contributed by atoms with E-state index in [-0.39, 0.29) is 0 Å². The van der Waals surface area contributed by atoms with Gasteiger partial charge >= 0.3 is 6.18 Å². The zero-order valence-corrected chi connectivity index (χ0v) is 15.2. The second-order valence-corrected chi connectivity index (χ2v) is 6.38. The van der Waals surface area contributed by atoms with Crippen LogP contribution in [0.3, 0.4) is 0 Å². The molecule has 0 amide bonds. The summed E-state index contributed by atoms with van der Waals surface area (Å²) < 4.78 is 53.8. The molecule has 2 aromatic carbocycles. The third-order valence-corrected chi connectivity index (χ3v) is 4.54. The second-order valence-electron chi connectivity index (χ2n) is 5.46. The molecule has 0 N–H and O–H groups in total. The van der Waals surface area contributed by atoms with Gasteiger partial charge in [0.25, 0.3) is 5.22 Å². The van der Waals surface area contributed by atoms with Crippen LogP contribution in [-0.4, -0.2) is 24.4 Å². The number of aromatic nitrogens is 2. The van der Waals surface area contributed by atoms with Gasteiger partial charge < -0.3 is 13.9 Å². The van der Waals surface area contributed by atoms with Gasteiger partial charge in [0.1, 0.15) is 11.5 Å². The van der Waals surface area contributed by atoms with Crippen molar-refractivity contribution in [3.8, 4) is 23.0 Å². The molecule has 5 nitrogen and oxygen atoms in total. The van der Waals surface area contributed by atoms with Gasteiger partial charge in [0.05, 0.1) is 19.8 Å². The molecule has 1 heterocycles. The lowest BCUT2D eigenvalue weighted by atomic mass is 10.1. The summed E-state index contributed by atoms with van der Waals surface area (Å²) in [6, 6.07) is 10.2. The van der Waals surface area contributed by atoms with Crippen molar-refractivity contribution < 1.29 is 27.1 Å². The number of nitrogens with zero attached hydrogens (tertiary/aromatic N) is 2. The Kier molecular flexibility index (Phi) is 5.59. The SMILES string of the molecule is COc1cc(OC)cc(-c2nnc(SCc3ccc(C(F)(F)F)cc3)o2)c1. The fourth-order valence-corrected chi connectivity index (χ4v) is 2.97. The van der Waals surface area contributed by atoms with Gasteiger partial charge in [0.15, 0.2) is 0 Å². The predicted molar refractivity (Wildman–Crippen MR) is 93.8 cm³/mol. The molecule has 142 valence electrons. The summed E-state index contributed by atoms with van der Waals surface area (Å²) in [5.41, 5.74) is 0.680. The minimum Gasteiger partial charge on any atom is -0.497 e. The molecule has 27 heavy (non-hydrogen) atoms. The van der Waals surface area contributed by atoms with Crippen molar-refractivity contribution in [2.24, 2.45) is 0 Å². The first-order valence-corrected chi connectivity index (χ1v) is 8.73. The zero-order valence-electron chi connectivity index (χ0n) is 14.4. The highest BCUT2D eigenvalue weighted by molar-refractivity contribution is 7.98. The van der Waals surface area contributed by atoms with Crippen molar-refractivity contribution in [3.05, 3.63) is 53.6 Å². The number of rotatable bonds is 6. The van der Waals surface area contributed by atoms with Gasteiger partial charge in [-0.05, 0) is 29.8 Å². The summed E-state index contributed by atoms with van der Waals surface area (Å²) in [5.74, 6) is 1.87. The Morgan fingerprint density at radius 2 is 1.59 bits per heavy atom. The van der Waals surface area contributed by atoms with Crippen LogP contribution in [0.4, 0.5) is 13.2 Å². The maximum atomic E-state index is 12.6. The smallest absolute Gasteiger partial charge is 0.416 e. The summed E-state index contributed by atoms with van der Waals surface area (Å²) in [6.07, 6.45) is -4.34. The van der Waals surface area contributed by atoms with E-state index >= 15 is 0 Å². The van der Waals surface area contributed by atoms with E-state index in [1.54, 1.807) is 18.2 Å². The van der Waals surface area contributed by atoms with E-state index in [9.17, 15) is 13.2 Å². The Morgan fingerprint density at radius 1 is 0.963 bits per heavy atom. The van der Waals surface area contributed by atoms with E-state index in [0.29, 0.717) is 33.9 Å². The van der Waals surface area contributed by atoms with Gasteiger partial charge in [-0.15, -0.1) is 10.2 Å². The molecule has 0 unspecified atom stereocenters. The van der Waals surface area contributed by atoms with E-state index in [1.807, 2.05) is 0 Å². The molecule has 0 fully saturated rings. The van der Waals surface area contributed by atoms with Crippen LogP contribution >= 0.6 is 11.8 Å². The van der Waals surface area contributed by atoms with E-state index in [2.05, 4.69) is 10.2 Å². The monoisotopic (exact) mass is 396 g/mol. The lowest BCUT2D eigenvalue weighted by Gasteiger charge is -2.06. The van der Waals surface area contributed by atoms with Crippen molar-refractivity contribution in [1.82, 2.24) is 10.2 Å². The van der Waals surface area contributed by atoms with Crippen molar-refractivity contribution in [1.29, 1.82) is 0 Å². The number of thioether (sulfide) groups is 1. The van der Waals surface area contributed by atoms with Crippen molar-refractivity contribution >= 4 is 11.8 Å². The Labute approximate surface area is 157 Å². The van der Waals surface area contributed by atoms with E-state index in [0.717, 1.165) is 17.7 Å². The summed E-state index contributed by atoms with van der Waals surface area (Å²) in [6.45, 7) is 0. The first-order valence-electron chi connectivity index (χ1n) is 7.75. The van der Waals surface area contributed by atoms with Crippen LogP contribution in [0.15, 0.2) is 52.1 Å². The molecule has 0 saturated carbocycles. The van der Waals surface area contributed by atoms with Gasteiger partial charge in [-0.2, -0.15) is 13.2 Å². The third-order valence-electron chi connectivity index (χ3n) is 3.65. The normalized spacial score (nSPS) is 11.4. The summed E-state index contributed by atoms with van der Waals surface area (Å²) >= 11 is 1.24. The second kappa shape index (κ2) is 7.91. The van der Waals surface area contributed by atoms with E-state index in [4.69, 9.17) is 13.9 Å². The molecule has 0 radical (unpaired) electrons. The summed E-state index contributed by atoms with van der Waals surface area (Å²) in [4.78, 5) is 0. The van der Waals surface area contributed by atoms with Crippen molar-refractivity contribution in [3.63, 3.8) is 0 Å². The average molecular weight is 396 g/mol. The number of ether oxygens (including phenoxy) is 2. The molecule has 0 aliphatic heterocycles. The van der Waals surface area contributed by atoms with Crippen LogP contribution in [0.1, 0.15) is 11.1 Å². The lowest BCUT2D eigenvalue weighted by Crippen LogP contribution is -2.04. The van der Waals surface area contributed by atoms with E-state index in [1.165, 1.54) is 38.1 Å². The lowest BCUT2D eigenvalue weighted by molar-refractivity contribution is -0.137. The van der Waals surface area contributed by atoms with Crippen LogP contribution in [0.5, 0.6) is 11.5 Å². The van der Waals surface area contributed by atoms with Gasteiger partial charge in [-0.1, -0.05) is 23.9 Å². The molecular formula is C18H15F3N2O3S. The van der Waals surface area contributed by atoms with Gasteiger partial charge in [0, 0.05) is 17.4 Å². The highest BCUT2D eigenvalue weighted by atomic mass is 32.2. The molecule has 0 spiro atoms. The molecule has 3 rings (SSSR count). The third kappa shape index (κ3) is 4.73. The zero-order chi connectivity index (χ0) is 19.4. The molecule has 0 aliphatic rings. The fourth-order valence-electron chi connectivity index (χ4n) is 2.25. The van der Waals surface area contributed by atoms with Crippen LogP contribution in [0.25, 0.3) is 11.5 Å². The Morgan fingerprint density at radius 3 is 2.15 bits per heavy atom. The van der Waals surface area contributed by atoms with Crippen molar-refractivity contribution in [2.75, 3.05) is 14.2 Å². The van der Waals surface area contributed by atoms with Crippen molar-refractivity contribution in [2.45, 2.75) is 17.2 Å². The topological polar surface area (TPSA) is 57.4 Å². The molecule has 0 saturated heterocycles. The van der Waals surface area contributed by atoms with Gasteiger partial charge in [0.2, 0.25) is 5.89 Å². The largest absolute Gasteiger partial charge is 0.497 e. The predicted octanol–water partition coefficient (Wildman–Crippen LogP) is 5.06. The summed E-state index contributed by atoms with van der Waals surface area (Å²) in [5, 5.41) is 8.27. The minimum atomic E-state index is -4.34. The maximum Gasteiger partial charge on any atom is 0.416 e. The average Bonchev–Trinajstić information content (AvgIpc) is 3.14. The first kappa shape index (κ1) is 19.1. The quantitative estimate of drug-likeness (QED) is 0.543. The van der Waals surface area contributed by atoms with E-state index < -0.39 is 11.7 Å². The molecule has 0 atom stereocenters. The molecule has 3 aromatic rings. The van der Waals surface area contributed by atoms with Crippen LogP contribution in [0, 0.1) is 0 Å². The summed E-state index contributed by atoms with van der Waals surface area (Å²) in [7, 11) is 3.08. The minimum absolute atomic E-state index is 0.294. The first-order chi connectivity index (χ1) is 12.9. The molecular weight excluding hydrogens is 381 g/mol. The molecule has 0 bridgehead atoms. The Balaban J connectivity index is 1.70. The standard InChI is InChI=1S/C18H15F3N2O3S/c1-24-14-7-12(8-15(9-14)25-2)16-22-23-17(26-16)27-10-11-3-5-13(6-4-11)18(19,20)21/h3-9H,10H2,1-2H3. The number of hydrogen-bond donors (Lipinski definition) is 0. The fraction of sp³-hybridized carbons (Fsp3) is 0.222. The Hall–Kier alpha value is -2.68. The number of benzene rings is 2. The van der Waals surface area contributed by atoms with Crippen LogP contribution < -0.4 is 9.47 Å². The highest BCUT2D eigenvalue weighted by Gasteiger charge is 2.29. The highest BCUT2D eigenvalue weighted by Crippen LogP contribution is 2.32. The van der Waals surface area contributed by atoms with Gasteiger partial charge in [-0.3, -0.25) is 0 Å². The number of alkyl halides is 3. The van der Waals surface area contributed by atoms with Crippen LogP contribution in [-0.2, 0) is 11.9 Å². The molecule has 1 aromatic heterocycles. The Bertz CT molecular complexity index is 889. The molecule has 0 aliphatic carbocycles. The number of hydrogen-bond acceptors (Lipinski definition) is 6. The number of halogens is 3. The molecule has 9 heteroatoms.